The normalized spacial score (nSPS) is 11.6. The van der Waals surface area contributed by atoms with Gasteiger partial charge in [-0.2, -0.15) is 26.3 Å². The number of carbonyl (C=O) groups excluding carboxylic acids is 3. The van der Waals surface area contributed by atoms with Gasteiger partial charge in [0, 0.05) is 11.1 Å². The van der Waals surface area contributed by atoms with Gasteiger partial charge >= 0.3 is 23.9 Å². The van der Waals surface area contributed by atoms with Crippen molar-refractivity contribution < 1.29 is 40.7 Å². The zero-order chi connectivity index (χ0) is 21.6. The van der Waals surface area contributed by atoms with Crippen molar-refractivity contribution in [3.63, 3.8) is 0 Å². The second-order valence-electron chi connectivity index (χ2n) is 6.02. The molecule has 1 amide bonds. The molecule has 1 aromatic carbocycles. The Morgan fingerprint density at radius 2 is 1.22 bits per heavy atom. The van der Waals surface area contributed by atoms with Crippen LogP contribution in [0.25, 0.3) is 4.85 Å². The average molecular weight is 396 g/mol. The number of amides is 1. The Hall–Kier alpha value is -2.90. The van der Waals surface area contributed by atoms with E-state index in [1.54, 1.807) is 24.3 Å². The number of ketones is 2. The maximum atomic E-state index is 11.6. The third-order valence-electron chi connectivity index (χ3n) is 2.66. The van der Waals surface area contributed by atoms with Crippen LogP contribution in [0.1, 0.15) is 20.8 Å². The molecule has 1 N–H and O–H groups in total. The highest BCUT2D eigenvalue weighted by molar-refractivity contribution is 6.41. The van der Waals surface area contributed by atoms with Crippen molar-refractivity contribution in [1.82, 2.24) is 0 Å². The Morgan fingerprint density at radius 1 is 0.852 bits per heavy atom. The zero-order valence-corrected chi connectivity index (χ0v) is 14.2. The predicted octanol–water partition coefficient (Wildman–Crippen LogP) is 4.47. The van der Waals surface area contributed by atoms with E-state index < -0.39 is 29.3 Å². The van der Waals surface area contributed by atoms with Gasteiger partial charge in [0.1, 0.15) is 0 Å². The van der Waals surface area contributed by atoms with E-state index in [2.05, 4.69) is 10.2 Å². The molecule has 0 saturated heterocycles. The lowest BCUT2D eigenvalue weighted by molar-refractivity contribution is -0.193. The van der Waals surface area contributed by atoms with E-state index in [-0.39, 0.29) is 5.91 Å². The summed E-state index contributed by atoms with van der Waals surface area (Å²) in [5, 5.41) is 2.79. The number of hydrogen-bond acceptors (Lipinski definition) is 3. The minimum Gasteiger partial charge on any atom is -0.326 e. The predicted molar refractivity (Wildman–Crippen MR) is 82.9 cm³/mol. The summed E-state index contributed by atoms with van der Waals surface area (Å²) in [5.74, 6) is -6.84. The number of anilines is 1. The Kier molecular flexibility index (Phi) is 7.73. The van der Waals surface area contributed by atoms with Gasteiger partial charge in [-0.3, -0.25) is 14.4 Å². The molecule has 5 nitrogen and oxygen atoms in total. The number of benzene rings is 1. The van der Waals surface area contributed by atoms with Crippen molar-refractivity contribution in [1.29, 1.82) is 0 Å². The SMILES string of the molecule is O=C(C(=O)C(F)(F)F)C(F)(F)F.[C-]#[N+]c1ccc(NC(=O)C(C)(C)C)cc1. The van der Waals surface area contributed by atoms with Gasteiger partial charge in [-0.1, -0.05) is 32.9 Å². The molecule has 148 valence electrons. The number of rotatable bonds is 2. The molecule has 0 aliphatic carbocycles. The standard InChI is InChI=1S/C12H14N2O.C4F6O2/c1-12(2,3)11(15)14-10-7-5-9(13-4)6-8-10;5-3(6,7)1(11)2(12)4(8,9)10/h5-8H,1-3H3,(H,14,15);. The van der Waals surface area contributed by atoms with E-state index >= 15 is 0 Å². The van der Waals surface area contributed by atoms with Gasteiger partial charge in [-0.05, 0) is 12.1 Å². The fourth-order valence-corrected chi connectivity index (χ4v) is 1.20. The topological polar surface area (TPSA) is 67.6 Å². The van der Waals surface area contributed by atoms with E-state index in [1.165, 1.54) is 0 Å². The highest BCUT2D eigenvalue weighted by Gasteiger charge is 2.54. The third kappa shape index (κ3) is 8.35. The van der Waals surface area contributed by atoms with Gasteiger partial charge < -0.3 is 5.32 Å². The van der Waals surface area contributed by atoms with Gasteiger partial charge in [0.15, 0.2) is 5.69 Å². The minimum atomic E-state index is -5.77. The van der Waals surface area contributed by atoms with Crippen molar-refractivity contribution in [3.05, 3.63) is 35.7 Å². The van der Waals surface area contributed by atoms with Gasteiger partial charge in [0.25, 0.3) is 0 Å². The summed E-state index contributed by atoms with van der Waals surface area (Å²) in [7, 11) is 0. The molecule has 0 atom stereocenters. The van der Waals surface area contributed by atoms with Gasteiger partial charge in [-0.15, -0.1) is 0 Å². The minimum absolute atomic E-state index is 0.0296. The maximum Gasteiger partial charge on any atom is 0.458 e. The van der Waals surface area contributed by atoms with Crippen LogP contribution in [-0.2, 0) is 14.4 Å². The largest absolute Gasteiger partial charge is 0.458 e. The van der Waals surface area contributed by atoms with Crippen molar-refractivity contribution in [2.24, 2.45) is 5.41 Å². The summed E-state index contributed by atoms with van der Waals surface area (Å²) in [5.41, 5.74) is 0.893. The number of nitrogens with one attached hydrogen (secondary N) is 1. The van der Waals surface area contributed by atoms with Crippen LogP contribution >= 0.6 is 0 Å². The molecular formula is C16H14F6N2O3. The maximum absolute atomic E-state index is 11.6. The van der Waals surface area contributed by atoms with Crippen LogP contribution in [0.4, 0.5) is 37.7 Å². The zero-order valence-electron chi connectivity index (χ0n) is 14.2. The van der Waals surface area contributed by atoms with Gasteiger partial charge in [-0.25, -0.2) is 4.85 Å². The molecule has 11 heteroatoms. The summed E-state index contributed by atoms with van der Waals surface area (Å²) in [4.78, 5) is 34.1. The molecule has 0 saturated carbocycles. The molecule has 0 unspecified atom stereocenters. The van der Waals surface area contributed by atoms with E-state index in [1.807, 2.05) is 20.8 Å². The van der Waals surface area contributed by atoms with Crippen LogP contribution in [0, 0.1) is 12.0 Å². The molecule has 0 heterocycles. The van der Waals surface area contributed by atoms with Crippen molar-refractivity contribution in [3.8, 4) is 0 Å². The summed E-state index contributed by atoms with van der Waals surface area (Å²) in [6.07, 6.45) is -11.5. The van der Waals surface area contributed by atoms with Crippen molar-refractivity contribution >= 4 is 28.8 Å². The van der Waals surface area contributed by atoms with E-state index in [9.17, 15) is 40.7 Å². The number of carbonyl (C=O) groups is 3. The summed E-state index contributed by atoms with van der Waals surface area (Å²) < 4.78 is 67.0. The van der Waals surface area contributed by atoms with E-state index in [4.69, 9.17) is 6.57 Å². The quantitative estimate of drug-likeness (QED) is 0.456. The van der Waals surface area contributed by atoms with Crippen LogP contribution in [0.5, 0.6) is 0 Å². The van der Waals surface area contributed by atoms with Crippen LogP contribution in [0.2, 0.25) is 0 Å². The summed E-state index contributed by atoms with van der Waals surface area (Å²) >= 11 is 0. The molecule has 0 spiro atoms. The Labute approximate surface area is 150 Å². The Morgan fingerprint density at radius 3 is 1.48 bits per heavy atom. The molecular weight excluding hydrogens is 382 g/mol. The lowest BCUT2D eigenvalue weighted by Gasteiger charge is -2.17. The van der Waals surface area contributed by atoms with Crippen molar-refractivity contribution in [2.45, 2.75) is 33.1 Å². The van der Waals surface area contributed by atoms with Crippen LogP contribution in [0.3, 0.4) is 0 Å². The monoisotopic (exact) mass is 396 g/mol. The third-order valence-corrected chi connectivity index (χ3v) is 2.66. The molecule has 0 aliphatic heterocycles. The molecule has 0 fully saturated rings. The molecule has 27 heavy (non-hydrogen) atoms. The van der Waals surface area contributed by atoms with Gasteiger partial charge in [0.05, 0.1) is 6.57 Å². The number of alkyl halides is 6. The number of hydrogen-bond donors (Lipinski definition) is 1. The molecule has 1 rings (SSSR count). The van der Waals surface area contributed by atoms with Crippen LogP contribution in [0.15, 0.2) is 24.3 Å². The highest BCUT2D eigenvalue weighted by atomic mass is 19.4. The Balaban J connectivity index is 0.000000516. The molecule has 0 bridgehead atoms. The first-order valence-electron chi connectivity index (χ1n) is 7.01. The van der Waals surface area contributed by atoms with Gasteiger partial charge in [0.2, 0.25) is 5.91 Å². The molecule has 0 aromatic heterocycles. The number of halogens is 6. The van der Waals surface area contributed by atoms with E-state index in [0.717, 1.165) is 5.69 Å². The Bertz CT molecular complexity index is 714. The summed E-state index contributed by atoms with van der Waals surface area (Å²) in [6, 6.07) is 6.84. The average Bonchev–Trinajstić information content (AvgIpc) is 2.52. The molecule has 0 aliphatic rings. The van der Waals surface area contributed by atoms with Crippen LogP contribution in [-0.4, -0.2) is 29.8 Å². The number of Topliss-reactive ketones (excluding diaryl/α,β-unsaturated/α-hetero) is 2. The lowest BCUT2D eigenvalue weighted by Crippen LogP contribution is -2.39. The van der Waals surface area contributed by atoms with Crippen molar-refractivity contribution in [2.75, 3.05) is 5.32 Å². The first-order valence-corrected chi connectivity index (χ1v) is 7.01. The van der Waals surface area contributed by atoms with E-state index in [0.29, 0.717) is 5.69 Å². The highest BCUT2D eigenvalue weighted by Crippen LogP contribution is 2.24. The first-order chi connectivity index (χ1) is 12.0. The number of nitrogens with zero attached hydrogens (tertiary/aromatic N) is 1. The second kappa shape index (κ2) is 8.66. The lowest BCUT2D eigenvalue weighted by atomic mass is 9.95. The first kappa shape index (κ1) is 24.1. The van der Waals surface area contributed by atoms with Crippen LogP contribution < -0.4 is 5.32 Å². The molecule has 0 radical (unpaired) electrons. The summed E-state index contributed by atoms with van der Waals surface area (Å²) in [6.45, 7) is 12.4. The molecule has 1 aromatic rings. The second-order valence-corrected chi connectivity index (χ2v) is 6.02. The fraction of sp³-hybridized carbons (Fsp3) is 0.375. The fourth-order valence-electron chi connectivity index (χ4n) is 1.20. The smallest absolute Gasteiger partial charge is 0.326 e.